The van der Waals surface area contributed by atoms with E-state index in [0.29, 0.717) is 18.0 Å². The molecule has 0 aliphatic carbocycles. The van der Waals surface area contributed by atoms with E-state index in [9.17, 15) is 4.79 Å². The highest BCUT2D eigenvalue weighted by molar-refractivity contribution is 7.20. The molecule has 1 atom stereocenters. The fourth-order valence-electron chi connectivity index (χ4n) is 4.37. The molecule has 1 aliphatic heterocycles. The van der Waals surface area contributed by atoms with Gasteiger partial charge in [0.2, 0.25) is 5.91 Å². The van der Waals surface area contributed by atoms with Crippen LogP contribution in [-0.2, 0) is 17.6 Å². The molecule has 2 aromatic heterocycles. The third-order valence-corrected chi connectivity index (χ3v) is 7.86. The minimum atomic E-state index is -0.183. The average molecular weight is 477 g/mol. The molecule has 2 aromatic carbocycles. The van der Waals surface area contributed by atoms with Gasteiger partial charge in [0.25, 0.3) is 0 Å². The van der Waals surface area contributed by atoms with Gasteiger partial charge in [-0.2, -0.15) is 0 Å². The number of thiazole rings is 1. The van der Waals surface area contributed by atoms with Crippen molar-refractivity contribution in [1.82, 2.24) is 9.88 Å². The van der Waals surface area contributed by atoms with Crippen molar-refractivity contribution in [2.45, 2.75) is 18.9 Å². The van der Waals surface area contributed by atoms with Gasteiger partial charge in [0, 0.05) is 11.9 Å². The van der Waals surface area contributed by atoms with Crippen LogP contribution in [0.3, 0.4) is 0 Å². The molecule has 5 rings (SSSR count). The zero-order valence-electron chi connectivity index (χ0n) is 18.5. The molecule has 1 amide bonds. The highest BCUT2D eigenvalue weighted by atomic mass is 32.1. The summed E-state index contributed by atoms with van der Waals surface area (Å²) in [7, 11) is 3.29. The van der Waals surface area contributed by atoms with E-state index in [2.05, 4.69) is 18.2 Å². The molecule has 0 bridgehead atoms. The number of hydrogen-bond donors (Lipinski definition) is 0. The highest BCUT2D eigenvalue weighted by Crippen LogP contribution is 2.41. The fraction of sp³-hybridized carbons (Fsp3) is 0.231. The zero-order valence-corrected chi connectivity index (χ0v) is 20.1. The SMILES string of the molecule is COc1cc2c(cc1OC)C(c1ccccc1)N(C(=O)Cc1csc(-c3cccs3)n1)CC2. The van der Waals surface area contributed by atoms with Crippen molar-refractivity contribution < 1.29 is 14.3 Å². The standard InChI is InChI=1S/C26H24N2O3S2/c1-30-21-13-18-10-11-28(24(29)14-19-16-33-26(27-19)23-9-6-12-32-23)25(17-7-4-3-5-8-17)20(18)15-22(21)31-2/h3-9,12-13,15-16,25H,10-11,14H2,1-2H3. The number of hydrogen-bond acceptors (Lipinski definition) is 6. The largest absolute Gasteiger partial charge is 0.493 e. The smallest absolute Gasteiger partial charge is 0.229 e. The Morgan fingerprint density at radius 1 is 1.06 bits per heavy atom. The number of carbonyl (C=O) groups is 1. The van der Waals surface area contributed by atoms with Crippen molar-refractivity contribution in [2.75, 3.05) is 20.8 Å². The lowest BCUT2D eigenvalue weighted by Crippen LogP contribution is -2.41. The van der Waals surface area contributed by atoms with Crippen LogP contribution in [0.4, 0.5) is 0 Å². The number of carbonyl (C=O) groups excluding carboxylic acids is 1. The van der Waals surface area contributed by atoms with Gasteiger partial charge in [-0.3, -0.25) is 4.79 Å². The molecule has 1 aliphatic rings. The summed E-state index contributed by atoms with van der Waals surface area (Å²) in [5.41, 5.74) is 4.16. The molecule has 5 nitrogen and oxygen atoms in total. The van der Waals surface area contributed by atoms with Gasteiger partial charge in [-0.1, -0.05) is 36.4 Å². The molecule has 0 fully saturated rings. The Morgan fingerprint density at radius 2 is 1.85 bits per heavy atom. The van der Waals surface area contributed by atoms with Crippen LogP contribution < -0.4 is 9.47 Å². The van der Waals surface area contributed by atoms with Crippen molar-refractivity contribution in [3.05, 3.63) is 87.7 Å². The molecule has 3 heterocycles. The van der Waals surface area contributed by atoms with E-state index < -0.39 is 0 Å². The highest BCUT2D eigenvalue weighted by Gasteiger charge is 2.33. The summed E-state index contributed by atoms with van der Waals surface area (Å²) in [6.45, 7) is 0.642. The van der Waals surface area contributed by atoms with Crippen molar-refractivity contribution in [3.8, 4) is 21.4 Å². The van der Waals surface area contributed by atoms with Gasteiger partial charge in [-0.25, -0.2) is 4.98 Å². The molecule has 1 unspecified atom stereocenters. The van der Waals surface area contributed by atoms with Crippen molar-refractivity contribution in [2.24, 2.45) is 0 Å². The summed E-state index contributed by atoms with van der Waals surface area (Å²) in [6, 6.07) is 18.1. The molecule has 0 radical (unpaired) electrons. The Kier molecular flexibility index (Phi) is 6.15. The summed E-state index contributed by atoms with van der Waals surface area (Å²) < 4.78 is 11.1. The number of thiophene rings is 1. The summed E-state index contributed by atoms with van der Waals surface area (Å²) in [5.74, 6) is 1.46. The Bertz CT molecular complexity index is 1250. The summed E-state index contributed by atoms with van der Waals surface area (Å²) in [4.78, 5) is 21.4. The summed E-state index contributed by atoms with van der Waals surface area (Å²) in [5, 5.41) is 5.00. The van der Waals surface area contributed by atoms with Gasteiger partial charge >= 0.3 is 0 Å². The lowest BCUT2D eigenvalue weighted by Gasteiger charge is -2.38. The van der Waals surface area contributed by atoms with Crippen LogP contribution in [0.25, 0.3) is 9.88 Å². The zero-order chi connectivity index (χ0) is 22.8. The van der Waals surface area contributed by atoms with Gasteiger partial charge in [-0.05, 0) is 46.7 Å². The minimum Gasteiger partial charge on any atom is -0.493 e. The Labute approximate surface area is 201 Å². The van der Waals surface area contributed by atoms with Gasteiger partial charge in [0.1, 0.15) is 5.01 Å². The van der Waals surface area contributed by atoms with Crippen LogP contribution in [0.15, 0.2) is 65.4 Å². The summed E-state index contributed by atoms with van der Waals surface area (Å²) in [6.07, 6.45) is 1.05. The molecule has 0 spiro atoms. The number of ether oxygens (including phenoxy) is 2. The van der Waals surface area contributed by atoms with E-state index in [1.165, 1.54) is 5.56 Å². The molecule has 168 valence electrons. The van der Waals surface area contributed by atoms with Crippen molar-refractivity contribution >= 4 is 28.6 Å². The van der Waals surface area contributed by atoms with Crippen LogP contribution in [0.5, 0.6) is 11.5 Å². The van der Waals surface area contributed by atoms with Gasteiger partial charge < -0.3 is 14.4 Å². The number of rotatable bonds is 6. The topological polar surface area (TPSA) is 51.7 Å². The van der Waals surface area contributed by atoms with Crippen molar-refractivity contribution in [3.63, 3.8) is 0 Å². The van der Waals surface area contributed by atoms with Crippen LogP contribution >= 0.6 is 22.7 Å². The van der Waals surface area contributed by atoms with Gasteiger partial charge in [0.05, 0.1) is 37.3 Å². The second-order valence-electron chi connectivity index (χ2n) is 7.85. The predicted octanol–water partition coefficient (Wildman–Crippen LogP) is 5.61. The molecule has 0 N–H and O–H groups in total. The Hall–Kier alpha value is -3.16. The summed E-state index contributed by atoms with van der Waals surface area (Å²) >= 11 is 3.25. The van der Waals surface area contributed by atoms with E-state index in [1.807, 2.05) is 52.1 Å². The molecule has 0 saturated heterocycles. The first-order valence-corrected chi connectivity index (χ1v) is 12.5. The lowest BCUT2D eigenvalue weighted by molar-refractivity contribution is -0.132. The van der Waals surface area contributed by atoms with Gasteiger partial charge in [0.15, 0.2) is 11.5 Å². The van der Waals surface area contributed by atoms with E-state index in [-0.39, 0.29) is 18.4 Å². The van der Waals surface area contributed by atoms with Crippen molar-refractivity contribution in [1.29, 1.82) is 0 Å². The molecule has 33 heavy (non-hydrogen) atoms. The number of benzene rings is 2. The number of amides is 1. The number of fused-ring (bicyclic) bond motifs is 1. The maximum absolute atomic E-state index is 13.6. The minimum absolute atomic E-state index is 0.0762. The molecule has 0 saturated carbocycles. The van der Waals surface area contributed by atoms with Gasteiger partial charge in [-0.15, -0.1) is 22.7 Å². The number of aromatic nitrogens is 1. The second-order valence-corrected chi connectivity index (χ2v) is 9.66. The van der Waals surface area contributed by atoms with Crippen LogP contribution in [0.2, 0.25) is 0 Å². The quantitative estimate of drug-likeness (QED) is 0.363. The predicted molar refractivity (Wildman–Crippen MR) is 132 cm³/mol. The Morgan fingerprint density at radius 3 is 2.58 bits per heavy atom. The van der Waals surface area contributed by atoms with Crippen LogP contribution in [-0.4, -0.2) is 36.6 Å². The fourth-order valence-corrected chi connectivity index (χ4v) is 6.00. The number of methoxy groups -OCH3 is 2. The lowest BCUT2D eigenvalue weighted by atomic mass is 9.87. The first-order valence-electron chi connectivity index (χ1n) is 10.8. The van der Waals surface area contributed by atoms with Crippen LogP contribution in [0.1, 0.15) is 28.4 Å². The maximum atomic E-state index is 13.6. The second kappa shape index (κ2) is 9.37. The molecule has 7 heteroatoms. The number of nitrogens with zero attached hydrogens (tertiary/aromatic N) is 2. The third kappa shape index (κ3) is 4.26. The molecular weight excluding hydrogens is 452 g/mol. The molecular formula is C26H24N2O3S2. The average Bonchev–Trinajstić information content (AvgIpc) is 3.55. The third-order valence-electron chi connectivity index (χ3n) is 5.93. The van der Waals surface area contributed by atoms with E-state index >= 15 is 0 Å². The van der Waals surface area contributed by atoms with Crippen LogP contribution in [0, 0.1) is 0 Å². The monoisotopic (exact) mass is 476 g/mol. The molecule has 4 aromatic rings. The van der Waals surface area contributed by atoms with E-state index in [4.69, 9.17) is 14.5 Å². The first kappa shape index (κ1) is 21.7. The maximum Gasteiger partial charge on any atom is 0.229 e. The normalized spacial score (nSPS) is 15.2. The van der Waals surface area contributed by atoms with E-state index in [1.54, 1.807) is 36.9 Å². The first-order chi connectivity index (χ1) is 16.2. The van der Waals surface area contributed by atoms with E-state index in [0.717, 1.165) is 33.1 Å². The Balaban J connectivity index is 1.48.